The highest BCUT2D eigenvalue weighted by Gasteiger charge is 2.23. The van der Waals surface area contributed by atoms with Gasteiger partial charge in [-0.15, -0.1) is 11.3 Å². The predicted octanol–water partition coefficient (Wildman–Crippen LogP) is 3.14. The molecule has 0 amide bonds. The van der Waals surface area contributed by atoms with E-state index in [1.54, 1.807) is 0 Å². The molecule has 18 heavy (non-hydrogen) atoms. The van der Waals surface area contributed by atoms with E-state index in [-0.39, 0.29) is 0 Å². The van der Waals surface area contributed by atoms with E-state index >= 15 is 0 Å². The summed E-state index contributed by atoms with van der Waals surface area (Å²) >= 11 is 1.88. The van der Waals surface area contributed by atoms with Gasteiger partial charge in [-0.2, -0.15) is 0 Å². The minimum absolute atomic E-state index is 0.775. The number of rotatable bonds is 6. The molecule has 2 nitrogen and oxygen atoms in total. The molecule has 1 aliphatic rings. The average molecular weight is 266 g/mol. The first-order valence-corrected chi connectivity index (χ1v) is 8.13. The van der Waals surface area contributed by atoms with Gasteiger partial charge in [0.15, 0.2) is 0 Å². The molecule has 0 aliphatic heterocycles. The molecule has 1 fully saturated rings. The second-order valence-electron chi connectivity index (χ2n) is 5.37. The lowest BCUT2D eigenvalue weighted by atomic mass is 9.90. The van der Waals surface area contributed by atoms with E-state index in [1.807, 2.05) is 11.3 Å². The van der Waals surface area contributed by atoms with Crippen molar-refractivity contribution in [2.75, 3.05) is 20.1 Å². The minimum Gasteiger partial charge on any atom is -0.314 e. The first kappa shape index (κ1) is 14.0. The molecule has 0 bridgehead atoms. The molecular weight excluding hydrogens is 240 g/mol. The molecule has 1 saturated carbocycles. The second-order valence-corrected chi connectivity index (χ2v) is 6.41. The van der Waals surface area contributed by atoms with Crippen LogP contribution in [-0.4, -0.2) is 37.1 Å². The van der Waals surface area contributed by atoms with Gasteiger partial charge in [-0.25, -0.2) is 0 Å². The monoisotopic (exact) mass is 266 g/mol. The Morgan fingerprint density at radius 2 is 2.11 bits per heavy atom. The first-order valence-electron chi connectivity index (χ1n) is 7.25. The fraction of sp³-hybridized carbons (Fsp3) is 0.733. The Morgan fingerprint density at radius 3 is 2.72 bits per heavy atom. The third-order valence-corrected chi connectivity index (χ3v) is 5.04. The van der Waals surface area contributed by atoms with E-state index in [1.165, 1.54) is 43.5 Å². The summed E-state index contributed by atoms with van der Waals surface area (Å²) in [6.45, 7) is 4.53. The maximum Gasteiger partial charge on any atom is 0.00935 e. The molecule has 3 heteroatoms. The van der Waals surface area contributed by atoms with Crippen LogP contribution in [0.15, 0.2) is 17.5 Å². The lowest BCUT2D eigenvalue weighted by Gasteiger charge is -2.35. The summed E-state index contributed by atoms with van der Waals surface area (Å²) in [5.74, 6) is 0. The average Bonchev–Trinajstić information content (AvgIpc) is 2.90. The Balaban J connectivity index is 1.69. The number of thiophene rings is 1. The van der Waals surface area contributed by atoms with Gasteiger partial charge in [-0.05, 0) is 57.1 Å². The fourth-order valence-electron chi connectivity index (χ4n) is 2.93. The molecule has 1 heterocycles. The van der Waals surface area contributed by atoms with E-state index in [0.29, 0.717) is 0 Å². The summed E-state index contributed by atoms with van der Waals surface area (Å²) in [6.07, 6.45) is 6.63. The molecule has 0 radical (unpaired) electrons. The number of hydrogen-bond acceptors (Lipinski definition) is 3. The van der Waals surface area contributed by atoms with Gasteiger partial charge in [0.25, 0.3) is 0 Å². The minimum atomic E-state index is 0.775. The van der Waals surface area contributed by atoms with Crippen molar-refractivity contribution >= 4 is 11.3 Å². The van der Waals surface area contributed by atoms with Crippen molar-refractivity contribution < 1.29 is 0 Å². The van der Waals surface area contributed by atoms with E-state index in [2.05, 4.69) is 41.7 Å². The van der Waals surface area contributed by atoms with Crippen LogP contribution in [0.3, 0.4) is 0 Å². The van der Waals surface area contributed by atoms with Gasteiger partial charge in [0, 0.05) is 23.5 Å². The van der Waals surface area contributed by atoms with Crippen molar-refractivity contribution in [3.05, 3.63) is 22.4 Å². The zero-order valence-corrected chi connectivity index (χ0v) is 12.5. The first-order chi connectivity index (χ1) is 8.79. The maximum absolute atomic E-state index is 3.58. The molecule has 2 rings (SSSR count). The lowest BCUT2D eigenvalue weighted by molar-refractivity contribution is 0.177. The van der Waals surface area contributed by atoms with Gasteiger partial charge in [-0.1, -0.05) is 13.0 Å². The summed E-state index contributed by atoms with van der Waals surface area (Å²) in [4.78, 5) is 4.09. The van der Waals surface area contributed by atoms with Crippen LogP contribution in [0, 0.1) is 0 Å². The zero-order chi connectivity index (χ0) is 12.8. The van der Waals surface area contributed by atoms with Crippen molar-refractivity contribution in [3.63, 3.8) is 0 Å². The SMILES string of the molecule is CCNC1CCC(N(C)CCc2cccs2)CC1. The van der Waals surface area contributed by atoms with Crippen molar-refractivity contribution in [2.45, 2.75) is 51.1 Å². The normalized spacial score (nSPS) is 24.6. The molecular formula is C15H26N2S. The van der Waals surface area contributed by atoms with Crippen LogP contribution < -0.4 is 5.32 Å². The number of nitrogens with zero attached hydrogens (tertiary/aromatic N) is 1. The smallest absolute Gasteiger partial charge is 0.00935 e. The highest BCUT2D eigenvalue weighted by molar-refractivity contribution is 7.09. The molecule has 1 aromatic heterocycles. The summed E-state index contributed by atoms with van der Waals surface area (Å²) in [5, 5.41) is 5.76. The van der Waals surface area contributed by atoms with Crippen LogP contribution in [0.1, 0.15) is 37.5 Å². The summed E-state index contributed by atoms with van der Waals surface area (Å²) in [5.41, 5.74) is 0. The number of likely N-dealkylation sites (N-methyl/N-ethyl adjacent to an activating group) is 1. The van der Waals surface area contributed by atoms with Crippen LogP contribution in [0.25, 0.3) is 0 Å². The topological polar surface area (TPSA) is 15.3 Å². The van der Waals surface area contributed by atoms with Gasteiger partial charge in [0.2, 0.25) is 0 Å². The Labute approximate surface area is 115 Å². The Hall–Kier alpha value is -0.380. The van der Waals surface area contributed by atoms with Crippen LogP contribution in [0.5, 0.6) is 0 Å². The van der Waals surface area contributed by atoms with E-state index in [0.717, 1.165) is 18.6 Å². The van der Waals surface area contributed by atoms with Crippen molar-refractivity contribution in [3.8, 4) is 0 Å². The molecule has 0 aromatic carbocycles. The van der Waals surface area contributed by atoms with Crippen molar-refractivity contribution in [1.29, 1.82) is 0 Å². The predicted molar refractivity (Wildman–Crippen MR) is 80.4 cm³/mol. The van der Waals surface area contributed by atoms with Crippen LogP contribution in [0.4, 0.5) is 0 Å². The van der Waals surface area contributed by atoms with Gasteiger partial charge in [0.05, 0.1) is 0 Å². The Bertz CT molecular complexity index is 315. The lowest BCUT2D eigenvalue weighted by Crippen LogP contribution is -2.41. The van der Waals surface area contributed by atoms with Gasteiger partial charge >= 0.3 is 0 Å². The number of nitrogens with one attached hydrogen (secondary N) is 1. The molecule has 1 aromatic rings. The Kier molecular flexibility index (Phi) is 5.67. The van der Waals surface area contributed by atoms with Crippen LogP contribution in [0.2, 0.25) is 0 Å². The van der Waals surface area contributed by atoms with Crippen molar-refractivity contribution in [2.24, 2.45) is 0 Å². The third kappa shape index (κ3) is 4.08. The van der Waals surface area contributed by atoms with Gasteiger partial charge in [0.1, 0.15) is 0 Å². The molecule has 102 valence electrons. The molecule has 0 atom stereocenters. The zero-order valence-electron chi connectivity index (χ0n) is 11.7. The fourth-order valence-corrected chi connectivity index (χ4v) is 3.63. The highest BCUT2D eigenvalue weighted by atomic mass is 32.1. The van der Waals surface area contributed by atoms with Crippen LogP contribution >= 0.6 is 11.3 Å². The largest absolute Gasteiger partial charge is 0.314 e. The maximum atomic E-state index is 3.58. The van der Waals surface area contributed by atoms with Gasteiger partial charge < -0.3 is 10.2 Å². The second kappa shape index (κ2) is 7.27. The standard InChI is InChI=1S/C15H26N2S/c1-3-16-13-6-8-14(9-7-13)17(2)11-10-15-5-4-12-18-15/h4-5,12-14,16H,3,6-11H2,1-2H3. The molecule has 1 aliphatic carbocycles. The molecule has 1 N–H and O–H groups in total. The molecule has 0 spiro atoms. The van der Waals surface area contributed by atoms with E-state index < -0.39 is 0 Å². The van der Waals surface area contributed by atoms with E-state index in [9.17, 15) is 0 Å². The summed E-state index contributed by atoms with van der Waals surface area (Å²) < 4.78 is 0. The molecule has 0 unspecified atom stereocenters. The summed E-state index contributed by atoms with van der Waals surface area (Å²) in [7, 11) is 2.30. The highest BCUT2D eigenvalue weighted by Crippen LogP contribution is 2.22. The number of hydrogen-bond donors (Lipinski definition) is 1. The van der Waals surface area contributed by atoms with Crippen molar-refractivity contribution in [1.82, 2.24) is 10.2 Å². The molecule has 0 saturated heterocycles. The van der Waals surface area contributed by atoms with Gasteiger partial charge in [-0.3, -0.25) is 0 Å². The van der Waals surface area contributed by atoms with E-state index in [4.69, 9.17) is 0 Å². The summed E-state index contributed by atoms with van der Waals surface area (Å²) in [6, 6.07) is 5.99. The quantitative estimate of drug-likeness (QED) is 0.851. The van der Waals surface area contributed by atoms with Crippen LogP contribution in [-0.2, 0) is 6.42 Å². The third-order valence-electron chi connectivity index (χ3n) is 4.10. The Morgan fingerprint density at radius 1 is 1.33 bits per heavy atom.